The highest BCUT2D eigenvalue weighted by Crippen LogP contribution is 2.42. The number of ether oxygens (including phenoxy) is 2. The standard InChI is InChI=1S/C29H29N3O5/c1-17-22-9-7-18(15-31-16-19-14-30-27(33)13-23(19)28(31)34)11-24(22)29(35)32(17)20-8-10-25(36-2)26(12-20)37-21-5-3-4-6-21/h7-14,17,21H,3-6,15-16H2,1-2H3,(H,30,33). The van der Waals surface area contributed by atoms with E-state index in [1.807, 2.05) is 43.3 Å². The van der Waals surface area contributed by atoms with E-state index < -0.39 is 0 Å². The van der Waals surface area contributed by atoms with Crippen molar-refractivity contribution in [3.05, 3.63) is 86.8 Å². The van der Waals surface area contributed by atoms with Crippen LogP contribution in [0.3, 0.4) is 0 Å². The Morgan fingerprint density at radius 1 is 0.946 bits per heavy atom. The number of nitrogens with one attached hydrogen (secondary N) is 1. The minimum Gasteiger partial charge on any atom is -0.493 e. The largest absolute Gasteiger partial charge is 0.493 e. The first kappa shape index (κ1) is 23.3. The van der Waals surface area contributed by atoms with E-state index in [4.69, 9.17) is 9.47 Å². The first-order valence-electron chi connectivity index (χ1n) is 12.7. The number of carbonyl (C=O) groups excluding carboxylic acids is 2. The molecule has 2 amide bonds. The molecule has 1 unspecified atom stereocenters. The molecule has 0 bridgehead atoms. The normalized spacial score (nSPS) is 18.9. The molecule has 3 aliphatic rings. The summed E-state index contributed by atoms with van der Waals surface area (Å²) in [6.07, 6.45) is 6.16. The van der Waals surface area contributed by atoms with Gasteiger partial charge in [0.05, 0.1) is 24.8 Å². The molecular formula is C29H29N3O5. The predicted molar refractivity (Wildman–Crippen MR) is 138 cm³/mol. The van der Waals surface area contributed by atoms with Crippen molar-refractivity contribution in [2.45, 2.75) is 57.8 Å². The second-order valence-electron chi connectivity index (χ2n) is 10.0. The van der Waals surface area contributed by atoms with Gasteiger partial charge in [0.25, 0.3) is 11.8 Å². The molecule has 37 heavy (non-hydrogen) atoms. The molecule has 3 aromatic rings. The maximum atomic E-state index is 13.6. The number of fused-ring (bicyclic) bond motifs is 2. The number of hydrogen-bond acceptors (Lipinski definition) is 5. The highest BCUT2D eigenvalue weighted by atomic mass is 16.5. The van der Waals surface area contributed by atoms with Gasteiger partial charge in [-0.05, 0) is 61.9 Å². The molecule has 2 aromatic carbocycles. The lowest BCUT2D eigenvalue weighted by Crippen LogP contribution is -2.26. The fourth-order valence-electron chi connectivity index (χ4n) is 5.76. The summed E-state index contributed by atoms with van der Waals surface area (Å²) in [4.78, 5) is 44.2. The van der Waals surface area contributed by atoms with Gasteiger partial charge in [-0.3, -0.25) is 14.4 Å². The number of nitrogens with zero attached hydrogens (tertiary/aromatic N) is 2. The third kappa shape index (κ3) is 4.06. The molecule has 2 aliphatic heterocycles. The topological polar surface area (TPSA) is 91.9 Å². The van der Waals surface area contributed by atoms with Crippen LogP contribution in [0.1, 0.15) is 76.1 Å². The summed E-state index contributed by atoms with van der Waals surface area (Å²) in [7, 11) is 1.62. The summed E-state index contributed by atoms with van der Waals surface area (Å²) in [5.74, 6) is 1.07. The lowest BCUT2D eigenvalue weighted by Gasteiger charge is -2.24. The van der Waals surface area contributed by atoms with Gasteiger partial charge in [0, 0.05) is 48.2 Å². The molecule has 1 aliphatic carbocycles. The van der Waals surface area contributed by atoms with E-state index in [1.165, 1.54) is 18.9 Å². The van der Waals surface area contributed by atoms with E-state index in [-0.39, 0.29) is 29.5 Å². The second-order valence-corrected chi connectivity index (χ2v) is 10.0. The summed E-state index contributed by atoms with van der Waals surface area (Å²) in [5.41, 5.74) is 4.17. The molecule has 3 heterocycles. The zero-order chi connectivity index (χ0) is 25.7. The third-order valence-electron chi connectivity index (χ3n) is 7.69. The number of hydrogen-bond donors (Lipinski definition) is 1. The van der Waals surface area contributed by atoms with Crippen molar-refractivity contribution in [2.75, 3.05) is 12.0 Å². The number of amides is 2. The van der Waals surface area contributed by atoms with Crippen LogP contribution in [0.5, 0.6) is 11.5 Å². The summed E-state index contributed by atoms with van der Waals surface area (Å²) in [6, 6.07) is 12.7. The Bertz CT molecular complexity index is 1460. The maximum Gasteiger partial charge on any atom is 0.259 e. The average molecular weight is 500 g/mol. The molecular weight excluding hydrogens is 470 g/mol. The minimum atomic E-state index is -0.290. The van der Waals surface area contributed by atoms with Gasteiger partial charge in [-0.2, -0.15) is 0 Å². The number of H-pyrrole nitrogens is 1. The molecule has 190 valence electrons. The number of pyridine rings is 1. The quantitative estimate of drug-likeness (QED) is 0.536. The number of rotatable bonds is 6. The van der Waals surface area contributed by atoms with Crippen molar-refractivity contribution < 1.29 is 19.1 Å². The van der Waals surface area contributed by atoms with E-state index >= 15 is 0 Å². The highest BCUT2D eigenvalue weighted by Gasteiger charge is 2.36. The highest BCUT2D eigenvalue weighted by molar-refractivity contribution is 6.11. The van der Waals surface area contributed by atoms with Gasteiger partial charge in [0.2, 0.25) is 5.56 Å². The first-order valence-corrected chi connectivity index (χ1v) is 12.7. The Labute approximate surface area is 214 Å². The minimum absolute atomic E-state index is 0.0806. The Morgan fingerprint density at radius 3 is 2.54 bits per heavy atom. The van der Waals surface area contributed by atoms with Crippen LogP contribution in [0.4, 0.5) is 5.69 Å². The number of methoxy groups -OCH3 is 1. The van der Waals surface area contributed by atoms with Crippen molar-refractivity contribution in [1.82, 2.24) is 9.88 Å². The molecule has 0 radical (unpaired) electrons. The fourth-order valence-corrected chi connectivity index (χ4v) is 5.76. The van der Waals surface area contributed by atoms with Gasteiger partial charge < -0.3 is 24.3 Å². The van der Waals surface area contributed by atoms with E-state index in [9.17, 15) is 14.4 Å². The van der Waals surface area contributed by atoms with Gasteiger partial charge >= 0.3 is 0 Å². The maximum absolute atomic E-state index is 13.6. The van der Waals surface area contributed by atoms with Gasteiger partial charge in [0.15, 0.2) is 11.5 Å². The molecule has 1 fully saturated rings. The van der Waals surface area contributed by atoms with Crippen LogP contribution in [-0.4, -0.2) is 34.9 Å². The Morgan fingerprint density at radius 2 is 1.76 bits per heavy atom. The number of benzene rings is 2. The number of aromatic amines is 1. The number of aromatic nitrogens is 1. The Kier molecular flexibility index (Phi) is 5.74. The molecule has 1 N–H and O–H groups in total. The first-order chi connectivity index (χ1) is 17.9. The predicted octanol–water partition coefficient (Wildman–Crippen LogP) is 4.58. The average Bonchev–Trinajstić information content (AvgIpc) is 3.58. The summed E-state index contributed by atoms with van der Waals surface area (Å²) in [5, 5.41) is 0. The van der Waals surface area contributed by atoms with Crippen LogP contribution in [0, 0.1) is 0 Å². The molecule has 8 nitrogen and oxygen atoms in total. The third-order valence-corrected chi connectivity index (χ3v) is 7.69. The van der Waals surface area contributed by atoms with E-state index in [2.05, 4.69) is 4.98 Å². The van der Waals surface area contributed by atoms with Crippen LogP contribution in [0.15, 0.2) is 53.5 Å². The molecule has 1 atom stereocenters. The van der Waals surface area contributed by atoms with Gasteiger partial charge in [-0.1, -0.05) is 12.1 Å². The SMILES string of the molecule is COc1ccc(N2C(=O)c3cc(CN4Cc5c[nH]c(=O)cc5C4=O)ccc3C2C)cc1OC1CCCC1. The zero-order valence-corrected chi connectivity index (χ0v) is 21.0. The van der Waals surface area contributed by atoms with Gasteiger partial charge in [-0.15, -0.1) is 0 Å². The second kappa shape index (κ2) is 9.10. The van der Waals surface area contributed by atoms with Crippen LogP contribution in [0.2, 0.25) is 0 Å². The Hall–Kier alpha value is -4.07. The number of anilines is 1. The van der Waals surface area contributed by atoms with Crippen molar-refractivity contribution >= 4 is 17.5 Å². The van der Waals surface area contributed by atoms with Crippen LogP contribution < -0.4 is 19.9 Å². The van der Waals surface area contributed by atoms with Crippen molar-refractivity contribution in [1.29, 1.82) is 0 Å². The zero-order valence-electron chi connectivity index (χ0n) is 21.0. The molecule has 0 saturated heterocycles. The number of carbonyl (C=O) groups is 2. The lowest BCUT2D eigenvalue weighted by molar-refractivity contribution is 0.0766. The van der Waals surface area contributed by atoms with Crippen LogP contribution in [-0.2, 0) is 13.1 Å². The van der Waals surface area contributed by atoms with E-state index in [0.29, 0.717) is 35.7 Å². The van der Waals surface area contributed by atoms with E-state index in [1.54, 1.807) is 23.1 Å². The van der Waals surface area contributed by atoms with Crippen molar-refractivity contribution in [2.24, 2.45) is 0 Å². The van der Waals surface area contributed by atoms with Crippen molar-refractivity contribution in [3.63, 3.8) is 0 Å². The molecule has 1 saturated carbocycles. The van der Waals surface area contributed by atoms with Gasteiger partial charge in [0.1, 0.15) is 0 Å². The van der Waals surface area contributed by atoms with Crippen LogP contribution in [0.25, 0.3) is 0 Å². The summed E-state index contributed by atoms with van der Waals surface area (Å²) < 4.78 is 11.8. The fraction of sp³-hybridized carbons (Fsp3) is 0.345. The molecule has 1 aromatic heterocycles. The van der Waals surface area contributed by atoms with E-state index in [0.717, 1.165) is 35.2 Å². The monoisotopic (exact) mass is 499 g/mol. The summed E-state index contributed by atoms with van der Waals surface area (Å²) in [6.45, 7) is 2.80. The smallest absolute Gasteiger partial charge is 0.259 e. The summed E-state index contributed by atoms with van der Waals surface area (Å²) >= 11 is 0. The molecule has 0 spiro atoms. The van der Waals surface area contributed by atoms with Gasteiger partial charge in [-0.25, -0.2) is 0 Å². The van der Waals surface area contributed by atoms with Crippen LogP contribution >= 0.6 is 0 Å². The lowest BCUT2D eigenvalue weighted by atomic mass is 10.0. The molecule has 6 rings (SSSR count). The molecule has 8 heteroatoms. The van der Waals surface area contributed by atoms with Crippen molar-refractivity contribution in [3.8, 4) is 11.5 Å². The Balaban J connectivity index is 1.24.